The summed E-state index contributed by atoms with van der Waals surface area (Å²) in [4.78, 5) is 29.4. The fourth-order valence-electron chi connectivity index (χ4n) is 4.46. The number of hydrogen-bond acceptors (Lipinski definition) is 8. The molecule has 178 valence electrons. The van der Waals surface area contributed by atoms with Crippen molar-refractivity contribution in [1.29, 1.82) is 0 Å². The first-order chi connectivity index (χ1) is 16.4. The van der Waals surface area contributed by atoms with Crippen LogP contribution in [0, 0.1) is 6.92 Å². The number of rotatable bonds is 4. The normalized spacial score (nSPS) is 16.1. The predicted molar refractivity (Wildman–Crippen MR) is 130 cm³/mol. The van der Waals surface area contributed by atoms with E-state index < -0.39 is 0 Å². The molecule has 10 nitrogen and oxygen atoms in total. The number of carbonyl (C=O) groups is 1. The smallest absolute Gasteiger partial charge is 0.236 e. The fourth-order valence-corrected chi connectivity index (χ4v) is 4.65. The van der Waals surface area contributed by atoms with Gasteiger partial charge in [-0.05, 0) is 36.8 Å². The number of likely N-dealkylation sites (N-methyl/N-ethyl adjacent to an activating group) is 1. The van der Waals surface area contributed by atoms with Gasteiger partial charge < -0.3 is 14.7 Å². The van der Waals surface area contributed by atoms with E-state index in [-0.39, 0.29) is 5.91 Å². The van der Waals surface area contributed by atoms with Gasteiger partial charge in [0.2, 0.25) is 11.9 Å². The lowest BCUT2D eigenvalue weighted by molar-refractivity contribution is -0.130. The van der Waals surface area contributed by atoms with Crippen LogP contribution in [-0.4, -0.2) is 87.3 Å². The van der Waals surface area contributed by atoms with Gasteiger partial charge in [-0.15, -0.1) is 10.2 Å². The molecule has 0 saturated carbocycles. The summed E-state index contributed by atoms with van der Waals surface area (Å²) in [6.07, 6.45) is 1.80. The molecule has 2 aromatic heterocycles. The van der Waals surface area contributed by atoms with Crippen LogP contribution in [0.15, 0.2) is 30.5 Å². The van der Waals surface area contributed by atoms with Crippen molar-refractivity contribution in [3.8, 4) is 5.69 Å². The van der Waals surface area contributed by atoms with Crippen molar-refractivity contribution in [2.45, 2.75) is 20.0 Å². The minimum absolute atomic E-state index is 0.0489. The summed E-state index contributed by atoms with van der Waals surface area (Å²) in [6.45, 7) is 6.60. The molecule has 1 aromatic carbocycles. The Bertz CT molecular complexity index is 1200. The summed E-state index contributed by atoms with van der Waals surface area (Å²) in [5, 5.41) is 9.80. The van der Waals surface area contributed by atoms with E-state index in [1.54, 1.807) is 25.2 Å². The largest absolute Gasteiger partial charge is 0.353 e. The second-order valence-electron chi connectivity index (χ2n) is 8.89. The molecule has 1 fully saturated rings. The number of hydrogen-bond donors (Lipinski definition) is 0. The number of aromatic nitrogens is 5. The van der Waals surface area contributed by atoms with E-state index in [1.165, 1.54) is 0 Å². The average molecular weight is 482 g/mol. The fraction of sp³-hybridized carbons (Fsp3) is 0.435. The molecule has 0 atom stereocenters. The molecule has 1 saturated heterocycles. The molecule has 0 radical (unpaired) electrons. The minimum atomic E-state index is 0.0489. The Morgan fingerprint density at radius 3 is 2.56 bits per heavy atom. The minimum Gasteiger partial charge on any atom is -0.353 e. The molecule has 0 unspecified atom stereocenters. The van der Waals surface area contributed by atoms with Gasteiger partial charge in [-0.3, -0.25) is 14.3 Å². The van der Waals surface area contributed by atoms with Crippen molar-refractivity contribution in [3.63, 3.8) is 0 Å². The highest BCUT2D eigenvalue weighted by molar-refractivity contribution is 6.30. The van der Waals surface area contributed by atoms with Crippen molar-refractivity contribution in [3.05, 3.63) is 52.7 Å². The lowest BCUT2D eigenvalue weighted by Gasteiger charge is -2.36. The van der Waals surface area contributed by atoms with Gasteiger partial charge in [0.25, 0.3) is 0 Å². The second-order valence-corrected chi connectivity index (χ2v) is 9.33. The summed E-state index contributed by atoms with van der Waals surface area (Å²) in [5.41, 5.74) is 2.06. The SMILES string of the molecule is Cc1nccc(N2CCN(c3nnc4n3-c3ccc(Cl)cc3CN(CC(=O)N(C)C)C4)CC2)n1. The Kier molecular flexibility index (Phi) is 6.09. The van der Waals surface area contributed by atoms with Crippen LogP contribution in [0.3, 0.4) is 0 Å². The van der Waals surface area contributed by atoms with E-state index in [4.69, 9.17) is 11.6 Å². The Morgan fingerprint density at radius 1 is 1.06 bits per heavy atom. The topological polar surface area (TPSA) is 86.5 Å². The Morgan fingerprint density at radius 2 is 1.82 bits per heavy atom. The zero-order valence-corrected chi connectivity index (χ0v) is 20.4. The van der Waals surface area contributed by atoms with Crippen LogP contribution in [0.1, 0.15) is 17.2 Å². The number of halogens is 1. The number of aryl methyl sites for hydroxylation is 1. The van der Waals surface area contributed by atoms with Crippen LogP contribution in [0.2, 0.25) is 5.02 Å². The number of carbonyl (C=O) groups excluding carboxylic acids is 1. The highest BCUT2D eigenvalue weighted by Gasteiger charge is 2.29. The van der Waals surface area contributed by atoms with Gasteiger partial charge in [-0.25, -0.2) is 9.97 Å². The van der Waals surface area contributed by atoms with E-state index >= 15 is 0 Å². The summed E-state index contributed by atoms with van der Waals surface area (Å²) in [7, 11) is 3.54. The van der Waals surface area contributed by atoms with Gasteiger partial charge in [-0.1, -0.05) is 11.6 Å². The monoisotopic (exact) mass is 481 g/mol. The van der Waals surface area contributed by atoms with Crippen molar-refractivity contribution >= 4 is 29.3 Å². The molecule has 0 spiro atoms. The van der Waals surface area contributed by atoms with E-state index in [0.717, 1.165) is 60.8 Å². The van der Waals surface area contributed by atoms with E-state index in [0.29, 0.717) is 24.7 Å². The van der Waals surface area contributed by atoms with Crippen molar-refractivity contribution in [1.82, 2.24) is 34.5 Å². The van der Waals surface area contributed by atoms with Gasteiger partial charge in [-0.2, -0.15) is 0 Å². The number of benzene rings is 1. The molecule has 2 aliphatic rings. The number of nitrogens with zero attached hydrogens (tertiary/aromatic N) is 9. The maximum absolute atomic E-state index is 12.4. The molecule has 0 aliphatic carbocycles. The van der Waals surface area contributed by atoms with E-state index in [9.17, 15) is 4.79 Å². The number of fused-ring (bicyclic) bond motifs is 3. The highest BCUT2D eigenvalue weighted by atomic mass is 35.5. The van der Waals surface area contributed by atoms with Crippen LogP contribution < -0.4 is 9.80 Å². The second kappa shape index (κ2) is 9.19. The molecule has 0 N–H and O–H groups in total. The van der Waals surface area contributed by atoms with Gasteiger partial charge in [0.05, 0.1) is 18.8 Å². The Hall–Kier alpha value is -3.24. The van der Waals surface area contributed by atoms with Crippen LogP contribution in [0.25, 0.3) is 5.69 Å². The maximum atomic E-state index is 12.4. The molecule has 4 heterocycles. The highest BCUT2D eigenvalue weighted by Crippen LogP contribution is 2.31. The molecule has 11 heteroatoms. The van der Waals surface area contributed by atoms with Crippen LogP contribution in [0.5, 0.6) is 0 Å². The lowest BCUT2D eigenvalue weighted by Crippen LogP contribution is -2.47. The molecule has 3 aromatic rings. The third-order valence-corrected chi connectivity index (χ3v) is 6.50. The van der Waals surface area contributed by atoms with Crippen molar-refractivity contribution in [2.75, 3.05) is 56.6 Å². The summed E-state index contributed by atoms with van der Waals surface area (Å²) >= 11 is 6.35. The van der Waals surface area contributed by atoms with Gasteiger partial charge in [0.15, 0.2) is 5.82 Å². The third kappa shape index (κ3) is 4.43. The van der Waals surface area contributed by atoms with Crippen LogP contribution in [-0.2, 0) is 17.9 Å². The third-order valence-electron chi connectivity index (χ3n) is 6.26. The van der Waals surface area contributed by atoms with E-state index in [1.807, 2.05) is 31.2 Å². The molecule has 1 amide bonds. The molecular formula is C23H28ClN9O. The Balaban J connectivity index is 1.43. The van der Waals surface area contributed by atoms with E-state index in [2.05, 4.69) is 39.4 Å². The standard InChI is InChI=1S/C23H28ClN9O/c1-16-25-7-6-20(26-16)31-8-10-32(11-9-31)23-28-27-21-14-30(15-22(34)29(2)3)13-17-12-18(24)4-5-19(17)33(21)23/h4-7,12H,8-11,13-15H2,1-3H3. The maximum Gasteiger partial charge on any atom is 0.236 e. The molecule has 0 bridgehead atoms. The zero-order valence-electron chi connectivity index (χ0n) is 19.6. The van der Waals surface area contributed by atoms with Crippen molar-refractivity contribution in [2.24, 2.45) is 0 Å². The van der Waals surface area contributed by atoms with Gasteiger partial charge >= 0.3 is 0 Å². The number of anilines is 2. The first-order valence-corrected chi connectivity index (χ1v) is 11.7. The Labute approximate surface area is 203 Å². The number of piperazine rings is 1. The molecule has 5 rings (SSSR count). The molecule has 2 aliphatic heterocycles. The zero-order chi connectivity index (χ0) is 23.8. The summed E-state index contributed by atoms with van der Waals surface area (Å²) in [5.74, 6) is 3.41. The quantitative estimate of drug-likeness (QED) is 0.557. The first-order valence-electron chi connectivity index (χ1n) is 11.3. The average Bonchev–Trinajstić information content (AvgIpc) is 3.15. The van der Waals surface area contributed by atoms with Gasteiger partial charge in [0, 0.05) is 58.0 Å². The predicted octanol–water partition coefficient (Wildman–Crippen LogP) is 1.75. The summed E-state index contributed by atoms with van der Waals surface area (Å²) in [6, 6.07) is 7.84. The van der Waals surface area contributed by atoms with Gasteiger partial charge in [0.1, 0.15) is 11.6 Å². The molecular weight excluding hydrogens is 454 g/mol. The van der Waals surface area contributed by atoms with Crippen molar-refractivity contribution < 1.29 is 4.79 Å². The first kappa shape index (κ1) is 22.5. The van der Waals surface area contributed by atoms with Crippen LogP contribution >= 0.6 is 11.6 Å². The van der Waals surface area contributed by atoms with Crippen LogP contribution in [0.4, 0.5) is 11.8 Å². The summed E-state index contributed by atoms with van der Waals surface area (Å²) < 4.78 is 2.12. The lowest BCUT2D eigenvalue weighted by atomic mass is 10.1. The number of amides is 1. The molecule has 34 heavy (non-hydrogen) atoms.